The number of carbonyl (C=O) groups is 1. The number of aryl methyl sites for hydroxylation is 2. The Balaban J connectivity index is 2.92. The second kappa shape index (κ2) is 3.52. The lowest BCUT2D eigenvalue weighted by atomic mass is 10.3. The van der Waals surface area contributed by atoms with E-state index in [2.05, 4.69) is 12.0 Å². The Hall–Kier alpha value is -1.12. The largest absolute Gasteiger partial charge is 0.293 e. The number of hydrogen-bond donors (Lipinski definition) is 0. The van der Waals surface area contributed by atoms with Gasteiger partial charge in [0.25, 0.3) is 0 Å². The molecule has 66 valence electrons. The highest BCUT2D eigenvalue weighted by molar-refractivity contribution is 5.92. The summed E-state index contributed by atoms with van der Waals surface area (Å²) in [6.07, 6.45) is 1.04. The van der Waals surface area contributed by atoms with Crippen molar-refractivity contribution in [3.8, 4) is 0 Å². The summed E-state index contributed by atoms with van der Waals surface area (Å²) in [6, 6.07) is 1.83. The summed E-state index contributed by atoms with van der Waals surface area (Å²) in [6.45, 7) is 6.49. The van der Waals surface area contributed by atoms with Crippen molar-refractivity contribution in [1.29, 1.82) is 0 Å². The van der Waals surface area contributed by atoms with Gasteiger partial charge in [0, 0.05) is 19.2 Å². The van der Waals surface area contributed by atoms with Gasteiger partial charge >= 0.3 is 0 Å². The van der Waals surface area contributed by atoms with E-state index >= 15 is 0 Å². The van der Waals surface area contributed by atoms with Gasteiger partial charge in [0.1, 0.15) is 5.69 Å². The monoisotopic (exact) mass is 166 g/mol. The fourth-order valence-corrected chi connectivity index (χ4v) is 1.12. The Morgan fingerprint density at radius 2 is 2.33 bits per heavy atom. The second-order valence-electron chi connectivity index (χ2n) is 2.95. The van der Waals surface area contributed by atoms with Crippen molar-refractivity contribution < 1.29 is 4.79 Å². The first-order chi connectivity index (χ1) is 5.65. The minimum Gasteiger partial charge on any atom is -0.293 e. The van der Waals surface area contributed by atoms with E-state index in [1.807, 2.05) is 17.7 Å². The maximum Gasteiger partial charge on any atom is 0.179 e. The van der Waals surface area contributed by atoms with Crippen molar-refractivity contribution in [3.05, 3.63) is 17.5 Å². The lowest BCUT2D eigenvalue weighted by Crippen LogP contribution is -2.02. The van der Waals surface area contributed by atoms with E-state index in [0.717, 1.165) is 18.7 Å². The number of rotatable bonds is 3. The summed E-state index contributed by atoms with van der Waals surface area (Å²) in [4.78, 5) is 10.9. The third kappa shape index (κ3) is 1.72. The van der Waals surface area contributed by atoms with Crippen LogP contribution in [0.4, 0.5) is 0 Å². The van der Waals surface area contributed by atoms with E-state index in [1.54, 1.807) is 0 Å². The number of hydrogen-bond acceptors (Lipinski definition) is 2. The molecule has 0 saturated heterocycles. The third-order valence-corrected chi connectivity index (χ3v) is 1.78. The molecule has 0 fully saturated rings. The van der Waals surface area contributed by atoms with Gasteiger partial charge in [0.05, 0.1) is 0 Å². The van der Waals surface area contributed by atoms with E-state index in [4.69, 9.17) is 0 Å². The molecule has 1 rings (SSSR count). The molecule has 1 heterocycles. The van der Waals surface area contributed by atoms with Gasteiger partial charge in [-0.05, 0) is 19.4 Å². The highest BCUT2D eigenvalue weighted by Gasteiger charge is 2.06. The standard InChI is InChI=1S/C9H14N2O/c1-4-5-11-7(2)6-9(10-11)8(3)12/h6H,4-5H2,1-3H3. The van der Waals surface area contributed by atoms with Gasteiger partial charge in [-0.15, -0.1) is 0 Å². The fraction of sp³-hybridized carbons (Fsp3) is 0.556. The molecular weight excluding hydrogens is 152 g/mol. The predicted molar refractivity (Wildman–Crippen MR) is 47.3 cm³/mol. The zero-order valence-electron chi connectivity index (χ0n) is 7.79. The Morgan fingerprint density at radius 3 is 2.75 bits per heavy atom. The average molecular weight is 166 g/mol. The number of aromatic nitrogens is 2. The molecule has 12 heavy (non-hydrogen) atoms. The van der Waals surface area contributed by atoms with Crippen molar-refractivity contribution in [2.45, 2.75) is 33.7 Å². The Labute approximate surface area is 72.4 Å². The van der Waals surface area contributed by atoms with Crippen LogP contribution in [0.3, 0.4) is 0 Å². The SMILES string of the molecule is CCCn1nc(C(C)=O)cc1C. The third-order valence-electron chi connectivity index (χ3n) is 1.78. The smallest absolute Gasteiger partial charge is 0.179 e. The van der Waals surface area contributed by atoms with Crippen LogP contribution >= 0.6 is 0 Å². The maximum absolute atomic E-state index is 10.9. The van der Waals surface area contributed by atoms with Crippen LogP contribution in [-0.4, -0.2) is 15.6 Å². The van der Waals surface area contributed by atoms with E-state index in [-0.39, 0.29) is 5.78 Å². The molecule has 0 atom stereocenters. The highest BCUT2D eigenvalue weighted by atomic mass is 16.1. The molecule has 3 nitrogen and oxygen atoms in total. The molecule has 0 aliphatic heterocycles. The van der Waals surface area contributed by atoms with Crippen LogP contribution < -0.4 is 0 Å². The first-order valence-corrected chi connectivity index (χ1v) is 4.20. The molecular formula is C9H14N2O. The van der Waals surface area contributed by atoms with Gasteiger partial charge in [0.2, 0.25) is 0 Å². The molecule has 0 saturated carbocycles. The van der Waals surface area contributed by atoms with E-state index in [0.29, 0.717) is 5.69 Å². The van der Waals surface area contributed by atoms with Crippen LogP contribution in [0.25, 0.3) is 0 Å². The summed E-state index contributed by atoms with van der Waals surface area (Å²) < 4.78 is 1.87. The molecule has 0 radical (unpaired) electrons. The van der Waals surface area contributed by atoms with E-state index in [9.17, 15) is 4.79 Å². The van der Waals surface area contributed by atoms with Gasteiger partial charge < -0.3 is 0 Å². The fourth-order valence-electron chi connectivity index (χ4n) is 1.12. The number of Topliss-reactive ketones (excluding diaryl/α,β-unsaturated/α-hetero) is 1. The molecule has 0 unspecified atom stereocenters. The Kier molecular flexibility index (Phi) is 2.63. The van der Waals surface area contributed by atoms with Gasteiger partial charge in [-0.3, -0.25) is 9.48 Å². The summed E-state index contributed by atoms with van der Waals surface area (Å²) >= 11 is 0. The van der Waals surface area contributed by atoms with Gasteiger partial charge in [-0.25, -0.2) is 0 Å². The lowest BCUT2D eigenvalue weighted by molar-refractivity contribution is 0.101. The van der Waals surface area contributed by atoms with Crippen molar-refractivity contribution in [3.63, 3.8) is 0 Å². The van der Waals surface area contributed by atoms with E-state index in [1.165, 1.54) is 6.92 Å². The number of carbonyl (C=O) groups excluding carboxylic acids is 1. The van der Waals surface area contributed by atoms with Crippen LogP contribution in [0, 0.1) is 6.92 Å². The number of ketones is 1. The van der Waals surface area contributed by atoms with Crippen LogP contribution in [0.1, 0.15) is 36.5 Å². The molecule has 1 aromatic heterocycles. The van der Waals surface area contributed by atoms with Crippen molar-refractivity contribution in [2.24, 2.45) is 0 Å². The molecule has 3 heteroatoms. The van der Waals surface area contributed by atoms with Crippen LogP contribution in [0.15, 0.2) is 6.07 Å². The Morgan fingerprint density at radius 1 is 1.67 bits per heavy atom. The summed E-state index contributed by atoms with van der Waals surface area (Å²) in [5.41, 5.74) is 1.63. The lowest BCUT2D eigenvalue weighted by Gasteiger charge is -1.99. The Bertz CT molecular complexity index is 289. The molecule has 0 aliphatic carbocycles. The molecule has 0 aliphatic rings. The van der Waals surface area contributed by atoms with Crippen LogP contribution in [-0.2, 0) is 6.54 Å². The normalized spacial score (nSPS) is 10.2. The molecule has 0 spiro atoms. The minimum absolute atomic E-state index is 0.0351. The summed E-state index contributed by atoms with van der Waals surface area (Å²) in [5, 5.41) is 4.17. The molecule has 0 bridgehead atoms. The van der Waals surface area contributed by atoms with Gasteiger partial charge in [0.15, 0.2) is 5.78 Å². The molecule has 1 aromatic rings. The quantitative estimate of drug-likeness (QED) is 0.642. The zero-order chi connectivity index (χ0) is 9.14. The van der Waals surface area contributed by atoms with Crippen LogP contribution in [0.5, 0.6) is 0 Å². The topological polar surface area (TPSA) is 34.9 Å². The second-order valence-corrected chi connectivity index (χ2v) is 2.95. The average Bonchev–Trinajstić information content (AvgIpc) is 2.34. The molecule has 0 aromatic carbocycles. The summed E-state index contributed by atoms with van der Waals surface area (Å²) in [5.74, 6) is 0.0351. The molecule has 0 N–H and O–H groups in total. The highest BCUT2D eigenvalue weighted by Crippen LogP contribution is 2.04. The number of nitrogens with zero attached hydrogens (tertiary/aromatic N) is 2. The predicted octanol–water partition coefficient (Wildman–Crippen LogP) is 1.80. The molecule has 0 amide bonds. The maximum atomic E-state index is 10.9. The van der Waals surface area contributed by atoms with Crippen molar-refractivity contribution >= 4 is 5.78 Å². The summed E-state index contributed by atoms with van der Waals surface area (Å²) in [7, 11) is 0. The first kappa shape index (κ1) is 8.97. The van der Waals surface area contributed by atoms with Crippen molar-refractivity contribution in [1.82, 2.24) is 9.78 Å². The zero-order valence-corrected chi connectivity index (χ0v) is 7.79. The first-order valence-electron chi connectivity index (χ1n) is 4.20. The van der Waals surface area contributed by atoms with E-state index < -0.39 is 0 Å². The minimum atomic E-state index is 0.0351. The van der Waals surface area contributed by atoms with Gasteiger partial charge in [-0.1, -0.05) is 6.92 Å². The van der Waals surface area contributed by atoms with Crippen molar-refractivity contribution in [2.75, 3.05) is 0 Å². The van der Waals surface area contributed by atoms with Gasteiger partial charge in [-0.2, -0.15) is 5.10 Å². The van der Waals surface area contributed by atoms with Crippen LogP contribution in [0.2, 0.25) is 0 Å².